The van der Waals surface area contributed by atoms with Crippen LogP contribution in [0.15, 0.2) is 34.7 Å². The number of hydrogen-bond donors (Lipinski definition) is 0. The second-order valence-corrected chi connectivity index (χ2v) is 4.57. The van der Waals surface area contributed by atoms with E-state index in [-0.39, 0.29) is 11.9 Å². The second-order valence-electron chi connectivity index (χ2n) is 4.57. The van der Waals surface area contributed by atoms with Crippen LogP contribution in [0.4, 0.5) is 0 Å². The molecule has 0 bridgehead atoms. The lowest BCUT2D eigenvalue weighted by Crippen LogP contribution is -2.32. The first-order valence-electron chi connectivity index (χ1n) is 6.39. The number of nitrogens with zero attached hydrogens (tertiary/aromatic N) is 1. The summed E-state index contributed by atoms with van der Waals surface area (Å²) in [7, 11) is 0. The minimum absolute atomic E-state index is 0.0187. The minimum atomic E-state index is -0.0187. The van der Waals surface area contributed by atoms with Gasteiger partial charge in [0.1, 0.15) is 11.3 Å². The van der Waals surface area contributed by atoms with Crippen molar-refractivity contribution in [2.75, 3.05) is 6.54 Å². The predicted molar refractivity (Wildman–Crippen MR) is 72.3 cm³/mol. The second kappa shape index (κ2) is 5.25. The van der Waals surface area contributed by atoms with Gasteiger partial charge < -0.3 is 9.32 Å². The Hall–Kier alpha value is -1.77. The van der Waals surface area contributed by atoms with Crippen LogP contribution in [0.2, 0.25) is 0 Å². The Morgan fingerprint density at radius 1 is 1.39 bits per heavy atom. The summed E-state index contributed by atoms with van der Waals surface area (Å²) in [6, 6.07) is 9.91. The summed E-state index contributed by atoms with van der Waals surface area (Å²) in [6.07, 6.45) is 0.949. The summed E-state index contributed by atoms with van der Waals surface area (Å²) < 4.78 is 5.81. The number of rotatable bonds is 4. The molecule has 18 heavy (non-hydrogen) atoms. The van der Waals surface area contributed by atoms with Crippen molar-refractivity contribution in [3.8, 4) is 0 Å². The summed E-state index contributed by atoms with van der Waals surface area (Å²) in [5.74, 6) is 0.935. The molecule has 0 N–H and O–H groups in total. The van der Waals surface area contributed by atoms with Gasteiger partial charge in [-0.1, -0.05) is 25.1 Å². The van der Waals surface area contributed by atoms with Crippen molar-refractivity contribution in [2.24, 2.45) is 0 Å². The molecule has 1 aromatic carbocycles. The van der Waals surface area contributed by atoms with Crippen LogP contribution in [0.25, 0.3) is 11.0 Å². The molecule has 1 amide bonds. The minimum Gasteiger partial charge on any atom is -0.459 e. The smallest absolute Gasteiger partial charge is 0.220 e. The lowest BCUT2D eigenvalue weighted by molar-refractivity contribution is -0.131. The maximum atomic E-state index is 11.6. The van der Waals surface area contributed by atoms with E-state index in [0.717, 1.165) is 29.7 Å². The van der Waals surface area contributed by atoms with Gasteiger partial charge in [0.05, 0.1) is 6.04 Å². The van der Waals surface area contributed by atoms with E-state index in [9.17, 15) is 4.79 Å². The lowest BCUT2D eigenvalue weighted by Gasteiger charge is -2.26. The first-order valence-corrected chi connectivity index (χ1v) is 6.39. The van der Waals surface area contributed by atoms with Gasteiger partial charge in [-0.3, -0.25) is 4.79 Å². The van der Waals surface area contributed by atoms with Crippen molar-refractivity contribution >= 4 is 16.9 Å². The Balaban J connectivity index is 2.31. The monoisotopic (exact) mass is 245 g/mol. The molecule has 96 valence electrons. The molecule has 0 spiro atoms. The van der Waals surface area contributed by atoms with Gasteiger partial charge in [-0.2, -0.15) is 0 Å². The van der Waals surface area contributed by atoms with Crippen molar-refractivity contribution in [2.45, 2.75) is 33.2 Å². The van der Waals surface area contributed by atoms with Gasteiger partial charge in [-0.05, 0) is 25.5 Å². The van der Waals surface area contributed by atoms with Crippen LogP contribution in [-0.4, -0.2) is 17.4 Å². The number of carbonyl (C=O) groups is 1. The maximum Gasteiger partial charge on any atom is 0.220 e. The molecule has 1 aromatic heterocycles. The molecular formula is C15H19NO2. The van der Waals surface area contributed by atoms with E-state index in [1.54, 1.807) is 6.92 Å². The Kier molecular flexibility index (Phi) is 3.70. The molecule has 3 heteroatoms. The number of hydrogen-bond acceptors (Lipinski definition) is 2. The molecule has 0 aliphatic carbocycles. The fraction of sp³-hybridized carbons (Fsp3) is 0.400. The van der Waals surface area contributed by atoms with E-state index in [2.05, 4.69) is 6.92 Å². The standard InChI is InChI=1S/C15H19NO2/c1-4-9-16(12(3)17)11(2)15-10-13-7-5-6-8-14(13)18-15/h5-8,10-11H,4,9H2,1-3H3. The summed E-state index contributed by atoms with van der Waals surface area (Å²) in [5.41, 5.74) is 0.874. The van der Waals surface area contributed by atoms with Crippen molar-refractivity contribution in [3.63, 3.8) is 0 Å². The van der Waals surface area contributed by atoms with Gasteiger partial charge in [0.15, 0.2) is 0 Å². The normalized spacial score (nSPS) is 12.6. The molecule has 0 fully saturated rings. The Morgan fingerprint density at radius 3 is 2.72 bits per heavy atom. The predicted octanol–water partition coefficient (Wildman–Crippen LogP) is 3.75. The van der Waals surface area contributed by atoms with Crippen molar-refractivity contribution in [1.29, 1.82) is 0 Å². The van der Waals surface area contributed by atoms with Gasteiger partial charge in [-0.15, -0.1) is 0 Å². The van der Waals surface area contributed by atoms with E-state index < -0.39 is 0 Å². The molecule has 3 nitrogen and oxygen atoms in total. The SMILES string of the molecule is CCCN(C(C)=O)C(C)c1cc2ccccc2o1. The summed E-state index contributed by atoms with van der Waals surface area (Å²) in [6.45, 7) is 6.44. The van der Waals surface area contributed by atoms with E-state index in [1.807, 2.05) is 42.2 Å². The lowest BCUT2D eigenvalue weighted by atomic mass is 10.2. The van der Waals surface area contributed by atoms with Gasteiger partial charge >= 0.3 is 0 Å². The maximum absolute atomic E-state index is 11.6. The number of benzene rings is 1. The molecule has 1 heterocycles. The van der Waals surface area contributed by atoms with E-state index in [4.69, 9.17) is 4.42 Å². The third-order valence-electron chi connectivity index (χ3n) is 3.19. The summed E-state index contributed by atoms with van der Waals surface area (Å²) in [5, 5.41) is 1.08. The fourth-order valence-corrected chi connectivity index (χ4v) is 2.23. The summed E-state index contributed by atoms with van der Waals surface area (Å²) >= 11 is 0. The topological polar surface area (TPSA) is 33.5 Å². The molecule has 0 aliphatic rings. The molecule has 0 saturated carbocycles. The summed E-state index contributed by atoms with van der Waals surface area (Å²) in [4.78, 5) is 13.5. The largest absolute Gasteiger partial charge is 0.459 e. The van der Waals surface area contributed by atoms with Crippen LogP contribution in [-0.2, 0) is 4.79 Å². The average molecular weight is 245 g/mol. The van der Waals surface area contributed by atoms with E-state index in [1.165, 1.54) is 0 Å². The van der Waals surface area contributed by atoms with E-state index in [0.29, 0.717) is 0 Å². The first kappa shape index (κ1) is 12.7. The number of amides is 1. The molecule has 0 aliphatic heterocycles. The molecule has 0 saturated heterocycles. The van der Waals surface area contributed by atoms with Crippen molar-refractivity contribution < 1.29 is 9.21 Å². The number of furan rings is 1. The molecular weight excluding hydrogens is 226 g/mol. The van der Waals surface area contributed by atoms with Crippen molar-refractivity contribution in [3.05, 3.63) is 36.1 Å². The third-order valence-corrected chi connectivity index (χ3v) is 3.19. The molecule has 0 radical (unpaired) electrons. The van der Waals surface area contributed by atoms with E-state index >= 15 is 0 Å². The Morgan fingerprint density at radius 2 is 2.11 bits per heavy atom. The zero-order valence-corrected chi connectivity index (χ0v) is 11.1. The molecule has 2 rings (SSSR count). The third kappa shape index (κ3) is 2.40. The number of para-hydroxylation sites is 1. The highest BCUT2D eigenvalue weighted by Gasteiger charge is 2.20. The number of fused-ring (bicyclic) bond motifs is 1. The van der Waals surface area contributed by atoms with Gasteiger partial charge in [0.2, 0.25) is 5.91 Å². The molecule has 1 unspecified atom stereocenters. The molecule has 2 aromatic rings. The van der Waals surface area contributed by atoms with Crippen LogP contribution in [0.3, 0.4) is 0 Å². The Labute approximate surface area is 107 Å². The van der Waals surface area contributed by atoms with Crippen LogP contribution in [0.1, 0.15) is 39.0 Å². The van der Waals surface area contributed by atoms with Crippen LogP contribution in [0.5, 0.6) is 0 Å². The van der Waals surface area contributed by atoms with Crippen molar-refractivity contribution in [1.82, 2.24) is 4.90 Å². The van der Waals surface area contributed by atoms with Gasteiger partial charge in [0, 0.05) is 18.9 Å². The number of carbonyl (C=O) groups excluding carboxylic acids is 1. The first-order chi connectivity index (χ1) is 8.63. The average Bonchev–Trinajstić information content (AvgIpc) is 2.78. The zero-order chi connectivity index (χ0) is 13.1. The van der Waals surface area contributed by atoms with Crippen LogP contribution >= 0.6 is 0 Å². The highest BCUT2D eigenvalue weighted by molar-refractivity contribution is 5.78. The highest BCUT2D eigenvalue weighted by atomic mass is 16.3. The van der Waals surface area contributed by atoms with Crippen LogP contribution < -0.4 is 0 Å². The van der Waals surface area contributed by atoms with Gasteiger partial charge in [0.25, 0.3) is 0 Å². The highest BCUT2D eigenvalue weighted by Crippen LogP contribution is 2.27. The quantitative estimate of drug-likeness (QED) is 0.822. The molecule has 1 atom stereocenters. The van der Waals surface area contributed by atoms with Gasteiger partial charge in [-0.25, -0.2) is 0 Å². The zero-order valence-electron chi connectivity index (χ0n) is 11.1. The Bertz CT molecular complexity index is 511. The van der Waals surface area contributed by atoms with Crippen LogP contribution in [0, 0.1) is 0 Å². The fourth-order valence-electron chi connectivity index (χ4n) is 2.23.